The van der Waals surface area contributed by atoms with Gasteiger partial charge < -0.3 is 29.4 Å². The molecule has 0 aromatic heterocycles. The van der Waals surface area contributed by atoms with Gasteiger partial charge in [0.25, 0.3) is 5.91 Å². The van der Waals surface area contributed by atoms with Crippen LogP contribution in [-0.2, 0) is 20.9 Å². The molecule has 58 heavy (non-hydrogen) atoms. The molecule has 6 aliphatic rings. The van der Waals surface area contributed by atoms with E-state index in [0.29, 0.717) is 35.5 Å². The highest BCUT2D eigenvalue weighted by molar-refractivity contribution is 6.07. The molecule has 4 amide bonds. The number of methoxy groups -OCH3 is 1. The highest BCUT2D eigenvalue weighted by Crippen LogP contribution is 2.55. The molecule has 5 saturated heterocycles. The number of amides is 4. The van der Waals surface area contributed by atoms with E-state index in [2.05, 4.69) is 50.3 Å². The third-order valence-electron chi connectivity index (χ3n) is 14.5. The largest absolute Gasteiger partial charge is 0.506 e. The Morgan fingerprint density at radius 3 is 2.19 bits per heavy atom. The highest BCUT2D eigenvalue weighted by Gasteiger charge is 2.57. The Kier molecular flexibility index (Phi) is 9.89. The first-order chi connectivity index (χ1) is 27.9. The molecule has 12 nitrogen and oxygen atoms in total. The van der Waals surface area contributed by atoms with Crippen LogP contribution in [0.4, 0.5) is 17.1 Å². The molecule has 6 aliphatic heterocycles. The minimum atomic E-state index is -0.625. The van der Waals surface area contributed by atoms with E-state index in [9.17, 15) is 24.3 Å². The average molecular weight is 789 g/mol. The van der Waals surface area contributed by atoms with E-state index < -0.39 is 11.5 Å². The summed E-state index contributed by atoms with van der Waals surface area (Å²) < 4.78 is 5.95. The number of nitrogens with zero attached hydrogens (tertiary/aromatic N) is 5. The zero-order valence-electron chi connectivity index (χ0n) is 34.0. The number of benzene rings is 3. The lowest BCUT2D eigenvalue weighted by molar-refractivity contribution is -0.138. The van der Waals surface area contributed by atoms with Crippen molar-refractivity contribution < 1.29 is 29.0 Å². The van der Waals surface area contributed by atoms with Gasteiger partial charge in [0.2, 0.25) is 17.7 Å². The van der Waals surface area contributed by atoms with Gasteiger partial charge in [-0.25, -0.2) is 0 Å². The topological polar surface area (TPSA) is 126 Å². The standard InChI is InChI=1S/C46H56N6O6/c1-45(2)41(52(44(45)57)36-6-4-5-7-38(36)53)35-11-9-33(27-39(35)58-3)49-20-14-30(15-21-49)28-48-22-16-46(17-23-48)18-24-50(25-19-46)32-8-10-34-31(26-32)29-51(43(34)56)37-12-13-40(54)47-42(37)55/h4-11,26-27,30,37,41,53H,12-25,28-29H2,1-3H3,(H,47,54,55)/t37?,41-/m0/s1. The van der Waals surface area contributed by atoms with Gasteiger partial charge in [-0.15, -0.1) is 0 Å². The van der Waals surface area contributed by atoms with Crippen molar-refractivity contribution in [3.05, 3.63) is 77.4 Å². The summed E-state index contributed by atoms with van der Waals surface area (Å²) in [6.07, 6.45) is 7.81. The Morgan fingerprint density at radius 1 is 0.810 bits per heavy atom. The maximum Gasteiger partial charge on any atom is 0.255 e. The average Bonchev–Trinajstić information content (AvgIpc) is 3.56. The second-order valence-electron chi connectivity index (χ2n) is 18.2. The highest BCUT2D eigenvalue weighted by atomic mass is 16.5. The lowest BCUT2D eigenvalue weighted by Gasteiger charge is -2.53. The van der Waals surface area contributed by atoms with Crippen LogP contribution in [0.1, 0.15) is 92.7 Å². The molecule has 3 aromatic rings. The summed E-state index contributed by atoms with van der Waals surface area (Å²) in [5.41, 5.74) is 5.18. The van der Waals surface area contributed by atoms with Crippen LogP contribution in [0.15, 0.2) is 60.7 Å². The van der Waals surface area contributed by atoms with Crippen molar-refractivity contribution in [2.45, 2.75) is 83.8 Å². The predicted octanol–water partition coefficient (Wildman–Crippen LogP) is 5.87. The number of carbonyl (C=O) groups excluding carboxylic acids is 4. The quantitative estimate of drug-likeness (QED) is 0.213. The number of rotatable bonds is 8. The van der Waals surface area contributed by atoms with Crippen molar-refractivity contribution in [3.63, 3.8) is 0 Å². The van der Waals surface area contributed by atoms with Crippen molar-refractivity contribution in [2.24, 2.45) is 16.7 Å². The normalized spacial score (nSPS) is 24.9. The number of anilines is 3. The number of β-lactam (4-membered cyclic amide) rings is 1. The number of para-hydroxylation sites is 2. The number of hydrogen-bond donors (Lipinski definition) is 2. The molecule has 0 bridgehead atoms. The maximum atomic E-state index is 13.3. The molecule has 2 N–H and O–H groups in total. The number of likely N-dealkylation sites (tertiary alicyclic amines) is 1. The molecular weight excluding hydrogens is 733 g/mol. The number of phenols is 1. The maximum absolute atomic E-state index is 13.3. The summed E-state index contributed by atoms with van der Waals surface area (Å²) in [6.45, 7) is 11.9. The molecular formula is C46H56N6O6. The summed E-state index contributed by atoms with van der Waals surface area (Å²) in [6, 6.07) is 18.7. The molecule has 306 valence electrons. The van der Waals surface area contributed by atoms with Gasteiger partial charge in [0, 0.05) is 74.3 Å². The number of carbonyl (C=O) groups is 4. The summed E-state index contributed by atoms with van der Waals surface area (Å²) >= 11 is 0. The fourth-order valence-corrected chi connectivity index (χ4v) is 10.8. The molecule has 0 radical (unpaired) electrons. The van der Waals surface area contributed by atoms with Gasteiger partial charge in [0.1, 0.15) is 17.5 Å². The van der Waals surface area contributed by atoms with Crippen molar-refractivity contribution in [1.82, 2.24) is 15.1 Å². The van der Waals surface area contributed by atoms with Gasteiger partial charge in [0.15, 0.2) is 0 Å². The van der Waals surface area contributed by atoms with E-state index >= 15 is 0 Å². The van der Waals surface area contributed by atoms with Crippen LogP contribution in [0, 0.1) is 16.7 Å². The summed E-state index contributed by atoms with van der Waals surface area (Å²) in [4.78, 5) is 61.6. The lowest BCUT2D eigenvalue weighted by Crippen LogP contribution is -2.61. The summed E-state index contributed by atoms with van der Waals surface area (Å²) in [5, 5.41) is 13.0. The number of piperidine rings is 4. The number of nitrogens with one attached hydrogen (secondary N) is 1. The molecule has 6 heterocycles. The summed E-state index contributed by atoms with van der Waals surface area (Å²) in [7, 11) is 1.69. The Balaban J connectivity index is 0.751. The van der Waals surface area contributed by atoms with Crippen LogP contribution in [-0.4, -0.2) is 97.5 Å². The Hall–Kier alpha value is -5.10. The van der Waals surface area contributed by atoms with Crippen LogP contribution in [0.2, 0.25) is 0 Å². The number of phenolic OH excluding ortho intramolecular Hbond substituents is 1. The van der Waals surface area contributed by atoms with E-state index in [4.69, 9.17) is 4.74 Å². The van der Waals surface area contributed by atoms with Crippen LogP contribution in [0.25, 0.3) is 0 Å². The smallest absolute Gasteiger partial charge is 0.255 e. The van der Waals surface area contributed by atoms with E-state index in [-0.39, 0.29) is 41.8 Å². The fraction of sp³-hybridized carbons (Fsp3) is 0.522. The first kappa shape index (κ1) is 38.4. The van der Waals surface area contributed by atoms with Gasteiger partial charge in [-0.05, 0) is 125 Å². The third kappa shape index (κ3) is 6.76. The third-order valence-corrected chi connectivity index (χ3v) is 14.5. The molecule has 0 saturated carbocycles. The molecule has 2 atom stereocenters. The second kappa shape index (κ2) is 14.9. The first-order valence-electron chi connectivity index (χ1n) is 21.2. The number of ether oxygens (including phenoxy) is 1. The molecule has 1 spiro atoms. The van der Waals surface area contributed by atoms with Gasteiger partial charge in [-0.2, -0.15) is 0 Å². The van der Waals surface area contributed by atoms with Crippen LogP contribution in [0.3, 0.4) is 0 Å². The lowest BCUT2D eigenvalue weighted by atomic mass is 9.70. The van der Waals surface area contributed by atoms with Gasteiger partial charge in [-0.1, -0.05) is 18.2 Å². The Labute approximate surface area is 341 Å². The van der Waals surface area contributed by atoms with Gasteiger partial charge in [0.05, 0.1) is 24.3 Å². The van der Waals surface area contributed by atoms with Crippen molar-refractivity contribution in [2.75, 3.05) is 67.6 Å². The van der Waals surface area contributed by atoms with E-state index in [1.807, 2.05) is 26.0 Å². The van der Waals surface area contributed by atoms with E-state index in [0.717, 1.165) is 86.9 Å². The zero-order chi connectivity index (χ0) is 40.3. The molecule has 12 heteroatoms. The summed E-state index contributed by atoms with van der Waals surface area (Å²) in [5.74, 6) is 0.762. The van der Waals surface area contributed by atoms with E-state index in [1.54, 1.807) is 35.1 Å². The van der Waals surface area contributed by atoms with Crippen molar-refractivity contribution in [3.8, 4) is 11.5 Å². The van der Waals surface area contributed by atoms with Crippen LogP contribution in [0.5, 0.6) is 11.5 Å². The number of hydrogen-bond acceptors (Lipinski definition) is 9. The molecule has 0 aliphatic carbocycles. The van der Waals surface area contributed by atoms with E-state index in [1.165, 1.54) is 25.7 Å². The predicted molar refractivity (Wildman–Crippen MR) is 222 cm³/mol. The number of imide groups is 1. The first-order valence-corrected chi connectivity index (χ1v) is 21.2. The van der Waals surface area contributed by atoms with Crippen molar-refractivity contribution in [1.29, 1.82) is 0 Å². The molecule has 3 aromatic carbocycles. The van der Waals surface area contributed by atoms with Gasteiger partial charge >= 0.3 is 0 Å². The van der Waals surface area contributed by atoms with Crippen LogP contribution >= 0.6 is 0 Å². The monoisotopic (exact) mass is 788 g/mol. The number of aromatic hydroxyl groups is 1. The Morgan fingerprint density at radius 2 is 1.48 bits per heavy atom. The van der Waals surface area contributed by atoms with Crippen molar-refractivity contribution >= 4 is 40.7 Å². The van der Waals surface area contributed by atoms with Gasteiger partial charge in [-0.3, -0.25) is 29.4 Å². The van der Waals surface area contributed by atoms with Crippen LogP contribution < -0.4 is 24.8 Å². The zero-order valence-corrected chi connectivity index (χ0v) is 34.0. The molecule has 9 rings (SSSR count). The minimum Gasteiger partial charge on any atom is -0.506 e. The SMILES string of the molecule is COc1cc(N2CCC(CN3CCC4(CC3)CCN(c3ccc5c(c3)CN(C3CCC(=O)NC3=O)C5=O)CC4)CC2)ccc1[C@@H]1N(c2ccccc2O)C(=O)C1(C)C. The molecule has 1 unspecified atom stereocenters. The minimum absolute atomic E-state index is 0.0171. The fourth-order valence-electron chi connectivity index (χ4n) is 10.8. The molecule has 5 fully saturated rings. The second-order valence-corrected chi connectivity index (χ2v) is 18.2. The Bertz CT molecular complexity index is 2110. The number of fused-ring (bicyclic) bond motifs is 1.